The molecule has 3 N–H and O–H groups in total. The molecule has 0 aliphatic carbocycles. The molecule has 8 heteroatoms. The second kappa shape index (κ2) is 8.07. The van der Waals surface area contributed by atoms with Crippen molar-refractivity contribution in [2.75, 3.05) is 18.1 Å². The van der Waals surface area contributed by atoms with E-state index in [4.69, 9.17) is 5.73 Å². The quantitative estimate of drug-likeness (QED) is 0.795. The highest BCUT2D eigenvalue weighted by molar-refractivity contribution is 8.00. The van der Waals surface area contributed by atoms with Crippen LogP contribution in [0.15, 0.2) is 47.1 Å². The number of hydrogen-bond donors (Lipinski definition) is 2. The second-order valence-corrected chi connectivity index (χ2v) is 7.24. The average Bonchev–Trinajstić information content (AvgIpc) is 3.10. The van der Waals surface area contributed by atoms with E-state index in [-0.39, 0.29) is 11.6 Å². The van der Waals surface area contributed by atoms with Crippen LogP contribution in [-0.2, 0) is 11.3 Å². The Morgan fingerprint density at radius 3 is 2.88 bits per heavy atom. The molecule has 0 atom stereocenters. The highest BCUT2D eigenvalue weighted by atomic mass is 32.2. The van der Waals surface area contributed by atoms with Gasteiger partial charge in [0.05, 0.1) is 12.2 Å². The molecule has 0 fully saturated rings. The molecule has 1 amide bonds. The summed E-state index contributed by atoms with van der Waals surface area (Å²) in [6.45, 7) is 1.08. The van der Waals surface area contributed by atoms with E-state index in [0.29, 0.717) is 6.54 Å². The molecule has 24 heavy (non-hydrogen) atoms. The molecule has 0 spiro atoms. The van der Waals surface area contributed by atoms with Gasteiger partial charge in [-0.05, 0) is 6.08 Å². The Kier molecular flexibility index (Phi) is 5.60. The van der Waals surface area contributed by atoms with Gasteiger partial charge in [-0.1, -0.05) is 41.7 Å². The number of nitrogens with one attached hydrogen (secondary N) is 1. The van der Waals surface area contributed by atoms with Crippen molar-refractivity contribution in [2.24, 2.45) is 10.7 Å². The van der Waals surface area contributed by atoms with Gasteiger partial charge in [-0.2, -0.15) is 11.8 Å². The Morgan fingerprint density at radius 1 is 1.29 bits per heavy atom. The predicted molar refractivity (Wildman–Crippen MR) is 99.1 cm³/mol. The molecule has 1 aliphatic heterocycles. The van der Waals surface area contributed by atoms with Crippen LogP contribution in [0.1, 0.15) is 5.01 Å². The first-order chi connectivity index (χ1) is 11.7. The monoisotopic (exact) mass is 359 g/mol. The number of allylic oxidation sites excluding steroid dienone is 1. The first-order valence-electron chi connectivity index (χ1n) is 7.46. The van der Waals surface area contributed by atoms with Crippen LogP contribution in [0.5, 0.6) is 0 Å². The van der Waals surface area contributed by atoms with Gasteiger partial charge in [0.2, 0.25) is 0 Å². The molecule has 1 aliphatic rings. The van der Waals surface area contributed by atoms with Crippen molar-refractivity contribution in [3.63, 3.8) is 0 Å². The van der Waals surface area contributed by atoms with Crippen LogP contribution >= 0.6 is 23.1 Å². The lowest BCUT2D eigenvalue weighted by molar-refractivity contribution is -0.117. The average molecular weight is 359 g/mol. The van der Waals surface area contributed by atoms with Crippen molar-refractivity contribution >= 4 is 34.7 Å². The maximum absolute atomic E-state index is 12.1. The zero-order valence-corrected chi connectivity index (χ0v) is 14.6. The molecule has 0 saturated heterocycles. The van der Waals surface area contributed by atoms with Gasteiger partial charge in [-0.3, -0.25) is 9.79 Å². The van der Waals surface area contributed by atoms with Crippen LogP contribution in [0.25, 0.3) is 10.6 Å². The SMILES string of the molecule is N/C(=C\C1=NCCSC1)C(=O)NCc1nnc(-c2ccccc2)s1. The lowest BCUT2D eigenvalue weighted by Crippen LogP contribution is -2.29. The number of carbonyl (C=O) groups excluding carboxylic acids is 1. The summed E-state index contributed by atoms with van der Waals surface area (Å²) in [6, 6.07) is 9.82. The Bertz CT molecular complexity index is 770. The lowest BCUT2D eigenvalue weighted by atomic mass is 10.2. The fourth-order valence-electron chi connectivity index (χ4n) is 2.09. The number of carbonyl (C=O) groups is 1. The number of aromatic nitrogens is 2. The van der Waals surface area contributed by atoms with Crippen molar-refractivity contribution in [1.82, 2.24) is 15.5 Å². The van der Waals surface area contributed by atoms with E-state index in [1.165, 1.54) is 11.3 Å². The summed E-state index contributed by atoms with van der Waals surface area (Å²) in [5.41, 5.74) is 7.88. The van der Waals surface area contributed by atoms with Crippen LogP contribution in [-0.4, -0.2) is 39.9 Å². The smallest absolute Gasteiger partial charge is 0.267 e. The molecule has 0 bridgehead atoms. The van der Waals surface area contributed by atoms with Gasteiger partial charge in [-0.25, -0.2) is 0 Å². The molecular weight excluding hydrogens is 342 g/mol. The van der Waals surface area contributed by atoms with Crippen LogP contribution in [0.3, 0.4) is 0 Å². The van der Waals surface area contributed by atoms with Crippen molar-refractivity contribution in [1.29, 1.82) is 0 Å². The molecule has 1 aromatic heterocycles. The number of amides is 1. The van der Waals surface area contributed by atoms with E-state index in [0.717, 1.165) is 39.3 Å². The number of nitrogens with two attached hydrogens (primary N) is 1. The standard InChI is InChI=1S/C16H17N5OS2/c17-13(8-12-10-23-7-6-18-12)15(22)19-9-14-20-21-16(24-14)11-4-2-1-3-5-11/h1-5,8H,6-7,9-10,17H2,(H,19,22)/b13-8-. The molecule has 2 heterocycles. The van der Waals surface area contributed by atoms with E-state index in [9.17, 15) is 4.79 Å². The number of rotatable bonds is 5. The molecule has 1 aromatic carbocycles. The van der Waals surface area contributed by atoms with Crippen molar-refractivity contribution in [3.8, 4) is 10.6 Å². The minimum absolute atomic E-state index is 0.170. The van der Waals surface area contributed by atoms with Gasteiger partial charge in [0, 0.05) is 29.3 Å². The molecule has 0 saturated carbocycles. The molecule has 2 aromatic rings. The Balaban J connectivity index is 1.57. The minimum atomic E-state index is -0.315. The summed E-state index contributed by atoms with van der Waals surface area (Å²) >= 11 is 3.24. The lowest BCUT2D eigenvalue weighted by Gasteiger charge is -2.09. The van der Waals surface area contributed by atoms with Gasteiger partial charge in [-0.15, -0.1) is 10.2 Å². The van der Waals surface area contributed by atoms with Gasteiger partial charge < -0.3 is 11.1 Å². The van der Waals surface area contributed by atoms with E-state index >= 15 is 0 Å². The fourth-order valence-corrected chi connectivity index (χ4v) is 3.62. The van der Waals surface area contributed by atoms with Crippen LogP contribution in [0.4, 0.5) is 0 Å². The highest BCUT2D eigenvalue weighted by Crippen LogP contribution is 2.22. The van der Waals surface area contributed by atoms with E-state index in [1.54, 1.807) is 17.8 Å². The van der Waals surface area contributed by atoms with Crippen molar-refractivity contribution < 1.29 is 4.79 Å². The van der Waals surface area contributed by atoms with Gasteiger partial charge in [0.1, 0.15) is 10.0 Å². The number of thioether (sulfide) groups is 1. The van der Waals surface area contributed by atoms with Crippen LogP contribution < -0.4 is 11.1 Å². The van der Waals surface area contributed by atoms with E-state index < -0.39 is 0 Å². The number of hydrogen-bond acceptors (Lipinski definition) is 7. The second-order valence-electron chi connectivity index (χ2n) is 5.07. The number of nitrogens with zero attached hydrogens (tertiary/aromatic N) is 3. The first-order valence-corrected chi connectivity index (χ1v) is 9.44. The fraction of sp³-hybridized carbons (Fsp3) is 0.250. The van der Waals surface area contributed by atoms with Crippen molar-refractivity contribution in [2.45, 2.75) is 6.54 Å². The Hall–Kier alpha value is -2.19. The van der Waals surface area contributed by atoms with Gasteiger partial charge in [0.25, 0.3) is 5.91 Å². The summed E-state index contributed by atoms with van der Waals surface area (Å²) < 4.78 is 0. The zero-order chi connectivity index (χ0) is 16.8. The molecule has 6 nitrogen and oxygen atoms in total. The van der Waals surface area contributed by atoms with Crippen LogP contribution in [0.2, 0.25) is 0 Å². The largest absolute Gasteiger partial charge is 0.394 e. The maximum Gasteiger partial charge on any atom is 0.267 e. The van der Waals surface area contributed by atoms with Crippen molar-refractivity contribution in [3.05, 3.63) is 47.1 Å². The summed E-state index contributed by atoms with van der Waals surface area (Å²) in [7, 11) is 0. The summed E-state index contributed by atoms with van der Waals surface area (Å²) in [5, 5.41) is 12.6. The van der Waals surface area contributed by atoms with E-state index in [2.05, 4.69) is 20.5 Å². The normalized spacial score (nSPS) is 15.0. The van der Waals surface area contributed by atoms with Gasteiger partial charge in [0.15, 0.2) is 0 Å². The van der Waals surface area contributed by atoms with Crippen LogP contribution in [0, 0.1) is 0 Å². The molecule has 124 valence electrons. The summed E-state index contributed by atoms with van der Waals surface area (Å²) in [5.74, 6) is 1.50. The number of benzene rings is 1. The van der Waals surface area contributed by atoms with Gasteiger partial charge >= 0.3 is 0 Å². The molecule has 3 rings (SSSR count). The third kappa shape index (κ3) is 4.42. The van der Waals surface area contributed by atoms with E-state index in [1.807, 2.05) is 30.3 Å². The summed E-state index contributed by atoms with van der Waals surface area (Å²) in [6.07, 6.45) is 1.65. The predicted octanol–water partition coefficient (Wildman–Crippen LogP) is 1.85. The maximum atomic E-state index is 12.1. The Morgan fingerprint density at radius 2 is 2.12 bits per heavy atom. The topological polar surface area (TPSA) is 93.3 Å². The summed E-state index contributed by atoms with van der Waals surface area (Å²) in [4.78, 5) is 16.4. The molecule has 0 radical (unpaired) electrons. The third-order valence-corrected chi connectivity index (χ3v) is 5.22. The first kappa shape index (κ1) is 16.7. The Labute approximate surface area is 148 Å². The number of aliphatic imine (C=N–C) groups is 1. The molecular formula is C16H17N5OS2. The highest BCUT2D eigenvalue weighted by Gasteiger charge is 2.11. The minimum Gasteiger partial charge on any atom is -0.394 e. The third-order valence-electron chi connectivity index (χ3n) is 3.27. The zero-order valence-electron chi connectivity index (χ0n) is 12.9. The molecule has 0 unspecified atom stereocenters.